The molecule has 2 fully saturated rings. The van der Waals surface area contributed by atoms with E-state index in [2.05, 4.69) is 48.9 Å². The van der Waals surface area contributed by atoms with E-state index in [-0.39, 0.29) is 22.9 Å². The Morgan fingerprint density at radius 2 is 1.80 bits per heavy atom. The molecule has 1 aromatic rings. The van der Waals surface area contributed by atoms with Crippen LogP contribution in [0.15, 0.2) is 30.3 Å². The van der Waals surface area contributed by atoms with E-state index in [4.69, 9.17) is 4.74 Å². The van der Waals surface area contributed by atoms with E-state index in [1.165, 1.54) is 0 Å². The zero-order valence-electron chi connectivity index (χ0n) is 12.3. The van der Waals surface area contributed by atoms with Gasteiger partial charge in [0, 0.05) is 0 Å². The molecule has 0 amide bonds. The predicted molar refractivity (Wildman–Crippen MR) is 80.9 cm³/mol. The van der Waals surface area contributed by atoms with Crippen LogP contribution in [0.2, 0.25) is 0 Å². The summed E-state index contributed by atoms with van der Waals surface area (Å²) in [6.07, 6.45) is 3.25. The molecule has 20 heavy (non-hydrogen) atoms. The Labute approximate surface area is 129 Å². The van der Waals surface area contributed by atoms with Gasteiger partial charge in [0.25, 0.3) is 0 Å². The van der Waals surface area contributed by atoms with Gasteiger partial charge >= 0.3 is 129 Å². The van der Waals surface area contributed by atoms with Gasteiger partial charge in [0.1, 0.15) is 0 Å². The fourth-order valence-corrected chi connectivity index (χ4v) is 6.23. The van der Waals surface area contributed by atoms with Crippen LogP contribution in [0, 0.1) is 11.3 Å². The van der Waals surface area contributed by atoms with Crippen LogP contribution in [0.25, 0.3) is 0 Å². The number of fused-ring (bicyclic) bond motifs is 1. The van der Waals surface area contributed by atoms with Gasteiger partial charge in [-0.1, -0.05) is 0 Å². The van der Waals surface area contributed by atoms with Crippen LogP contribution >= 0.6 is 0 Å². The predicted octanol–water partition coefficient (Wildman–Crippen LogP) is 2.92. The summed E-state index contributed by atoms with van der Waals surface area (Å²) in [6.45, 7) is 6.68. The molecule has 1 aliphatic heterocycles. The first-order valence-electron chi connectivity index (χ1n) is 7.32. The molecule has 3 heteroatoms. The summed E-state index contributed by atoms with van der Waals surface area (Å²) in [4.78, 5) is 12.7. The third kappa shape index (κ3) is 1.79. The van der Waals surface area contributed by atoms with Gasteiger partial charge < -0.3 is 0 Å². The van der Waals surface area contributed by atoms with Gasteiger partial charge in [-0.3, -0.25) is 0 Å². The van der Waals surface area contributed by atoms with E-state index >= 15 is 0 Å². The van der Waals surface area contributed by atoms with Crippen molar-refractivity contribution < 1.29 is 9.53 Å². The van der Waals surface area contributed by atoms with E-state index < -0.39 is 4.31 Å². The van der Waals surface area contributed by atoms with Crippen molar-refractivity contribution in [2.45, 2.75) is 49.9 Å². The average molecular weight is 337 g/mol. The van der Waals surface area contributed by atoms with Crippen molar-refractivity contribution in [1.29, 1.82) is 0 Å². The second-order valence-corrected chi connectivity index (χ2v) is 8.59. The molecule has 1 saturated carbocycles. The molecule has 1 saturated heterocycles. The van der Waals surface area contributed by atoms with Crippen LogP contribution in [-0.2, 0) is 13.8 Å². The molecule has 0 aromatic heterocycles. The van der Waals surface area contributed by atoms with E-state index in [0.29, 0.717) is 0 Å². The van der Waals surface area contributed by atoms with E-state index in [1.807, 2.05) is 18.2 Å². The monoisotopic (exact) mass is 338 g/mol. The zero-order valence-corrected chi connectivity index (χ0v) is 14.2. The topological polar surface area (TPSA) is 26.3 Å². The van der Waals surface area contributed by atoms with Crippen LogP contribution in [0.1, 0.15) is 45.6 Å². The minimum atomic E-state index is -0.590. The van der Waals surface area contributed by atoms with Gasteiger partial charge in [0.15, 0.2) is 0 Å². The molecule has 3 atom stereocenters. The average Bonchev–Trinajstić information content (AvgIpc) is 2.59. The fraction of sp³-hybridized carbons (Fsp3) is 0.588. The van der Waals surface area contributed by atoms with Gasteiger partial charge in [-0.25, -0.2) is 0 Å². The molecule has 1 heterocycles. The summed E-state index contributed by atoms with van der Waals surface area (Å²) in [5, 5.41) is 0. The summed E-state index contributed by atoms with van der Waals surface area (Å²) >= 11 is 2.65. The Bertz CT molecular complexity index is 539. The summed E-state index contributed by atoms with van der Waals surface area (Å²) in [5.74, 6) is 0.123. The molecular weight excluding hydrogens is 315 g/mol. The number of benzene rings is 1. The van der Waals surface area contributed by atoms with Crippen molar-refractivity contribution in [2.24, 2.45) is 11.3 Å². The van der Waals surface area contributed by atoms with Crippen LogP contribution in [0.5, 0.6) is 0 Å². The van der Waals surface area contributed by atoms with Crippen molar-refractivity contribution in [2.75, 3.05) is 0 Å². The quantitative estimate of drug-likeness (QED) is 0.582. The summed E-state index contributed by atoms with van der Waals surface area (Å²) in [7, 11) is 0. The first kappa shape index (κ1) is 14.2. The minimum absolute atomic E-state index is 0.0776. The van der Waals surface area contributed by atoms with Gasteiger partial charge in [-0.05, 0) is 0 Å². The number of hydrogen-bond donors (Lipinski definition) is 0. The fourth-order valence-electron chi connectivity index (χ4n) is 4.51. The van der Waals surface area contributed by atoms with Crippen LogP contribution in [0.3, 0.4) is 0 Å². The standard InChI is InChI=1S/C17H22O2Se/c1-15(2)10-7-11-16(3)13(15)17(20,14(18)19-16)12-8-5-4-6-9-12/h4-6,8-9,13,20H,7,10-11H2,1-3H3/t13-,16+,17?/m0/s1. The summed E-state index contributed by atoms with van der Waals surface area (Å²) in [5.41, 5.74) is 0.831. The van der Waals surface area contributed by atoms with Gasteiger partial charge in [0.05, 0.1) is 0 Å². The normalized spacial score (nSPS) is 39.2. The van der Waals surface area contributed by atoms with Crippen LogP contribution in [0.4, 0.5) is 0 Å². The molecular formula is C17H22O2Se. The maximum absolute atomic E-state index is 12.7. The molecule has 0 radical (unpaired) electrons. The number of ether oxygens (including phenoxy) is 1. The van der Waals surface area contributed by atoms with Gasteiger partial charge in [0.2, 0.25) is 0 Å². The van der Waals surface area contributed by atoms with Crippen LogP contribution < -0.4 is 0 Å². The van der Waals surface area contributed by atoms with Crippen molar-refractivity contribution in [3.05, 3.63) is 35.9 Å². The molecule has 1 unspecified atom stereocenters. The number of esters is 1. The Hall–Kier alpha value is -0.791. The first-order chi connectivity index (χ1) is 9.31. The molecule has 1 aliphatic carbocycles. The van der Waals surface area contributed by atoms with Crippen molar-refractivity contribution in [1.82, 2.24) is 0 Å². The first-order valence-corrected chi connectivity index (χ1v) is 8.26. The van der Waals surface area contributed by atoms with Crippen molar-refractivity contribution in [3.8, 4) is 0 Å². The summed E-state index contributed by atoms with van der Waals surface area (Å²) < 4.78 is 5.31. The van der Waals surface area contributed by atoms with Gasteiger partial charge in [-0.2, -0.15) is 0 Å². The molecule has 1 aromatic carbocycles. The Kier molecular flexibility index (Phi) is 3.08. The molecule has 2 nitrogen and oxygen atoms in total. The molecule has 0 spiro atoms. The molecule has 2 aliphatic rings. The van der Waals surface area contributed by atoms with Crippen molar-refractivity contribution in [3.63, 3.8) is 0 Å². The Balaban J connectivity index is 2.17. The maximum atomic E-state index is 12.7. The Morgan fingerprint density at radius 1 is 1.15 bits per heavy atom. The molecule has 3 rings (SSSR count). The molecule has 108 valence electrons. The van der Waals surface area contributed by atoms with E-state index in [9.17, 15) is 4.79 Å². The number of rotatable bonds is 1. The Morgan fingerprint density at radius 3 is 2.45 bits per heavy atom. The SMILES string of the molecule is CC1(C)CCC[C@@]2(C)OC(=O)C([SeH])(c3ccccc3)[C@@H]12. The third-order valence-electron chi connectivity index (χ3n) is 5.16. The number of hydrogen-bond acceptors (Lipinski definition) is 2. The van der Waals surface area contributed by atoms with Gasteiger partial charge in [-0.15, -0.1) is 0 Å². The van der Waals surface area contributed by atoms with Crippen LogP contribution in [-0.4, -0.2) is 27.6 Å². The molecule has 0 N–H and O–H groups in total. The molecule has 0 bridgehead atoms. The zero-order chi connectivity index (χ0) is 14.6. The summed E-state index contributed by atoms with van der Waals surface area (Å²) in [6, 6.07) is 10.1. The van der Waals surface area contributed by atoms with Crippen molar-refractivity contribution >= 4 is 22.0 Å². The second kappa shape index (κ2) is 4.35. The third-order valence-corrected chi connectivity index (χ3v) is 6.62. The number of carbonyl (C=O) groups is 1. The number of carbonyl (C=O) groups excluding carboxylic acids is 1. The van der Waals surface area contributed by atoms with E-state index in [0.717, 1.165) is 24.8 Å². The second-order valence-electron chi connectivity index (χ2n) is 7.11. The van der Waals surface area contributed by atoms with E-state index in [1.54, 1.807) is 0 Å².